The summed E-state index contributed by atoms with van der Waals surface area (Å²) in [4.78, 5) is 0. The van der Waals surface area contributed by atoms with E-state index in [4.69, 9.17) is 10.00 Å². The summed E-state index contributed by atoms with van der Waals surface area (Å²) in [5.41, 5.74) is 7.79. The molecule has 0 spiro atoms. The first-order chi connectivity index (χ1) is 11.8. The Hall–Kier alpha value is -2.59. The number of hydrogen-bond donors (Lipinski definition) is 4. The van der Waals surface area contributed by atoms with Gasteiger partial charge in [0.15, 0.2) is 0 Å². The third kappa shape index (κ3) is 4.03. The van der Waals surface area contributed by atoms with Crippen molar-refractivity contribution in [3.05, 3.63) is 59.7 Å². The van der Waals surface area contributed by atoms with Crippen molar-refractivity contribution in [2.75, 3.05) is 6.54 Å². The molecule has 0 aromatic heterocycles. The van der Waals surface area contributed by atoms with E-state index < -0.39 is 0 Å². The summed E-state index contributed by atoms with van der Waals surface area (Å²) in [5.74, 6) is 0.656. The van der Waals surface area contributed by atoms with E-state index in [9.17, 15) is 5.11 Å². The Morgan fingerprint density at radius 3 is 2.83 bits per heavy atom. The summed E-state index contributed by atoms with van der Waals surface area (Å²) < 4.78 is 5.69. The van der Waals surface area contributed by atoms with E-state index in [1.54, 1.807) is 6.07 Å². The number of rotatable bonds is 6. The fraction of sp³-hybridized carbons (Fsp3) is 0.278. The van der Waals surface area contributed by atoms with Gasteiger partial charge in [-0.1, -0.05) is 36.4 Å². The number of hydrogen-bond acceptors (Lipinski definition) is 6. The number of nitrogens with zero attached hydrogens (tertiary/aromatic N) is 1. The number of nitrogens with one attached hydrogen (secondary N) is 3. The minimum atomic E-state index is -0.138. The van der Waals surface area contributed by atoms with Crippen LogP contribution in [0.5, 0.6) is 11.5 Å². The molecular formula is C18H20N4O2. The van der Waals surface area contributed by atoms with Gasteiger partial charge in [-0.15, -0.1) is 0 Å². The average molecular weight is 324 g/mol. The Balaban J connectivity index is 1.55. The number of phenolic OH excluding ortho intramolecular Hbond substituents is 1. The molecule has 4 N–H and O–H groups in total. The van der Waals surface area contributed by atoms with Crippen molar-refractivity contribution in [2.24, 2.45) is 5.92 Å². The molecule has 3 rings (SSSR count). The molecule has 1 fully saturated rings. The first-order valence-corrected chi connectivity index (χ1v) is 7.86. The Morgan fingerprint density at radius 2 is 2.08 bits per heavy atom. The lowest BCUT2D eigenvalue weighted by Gasteiger charge is -2.16. The fourth-order valence-electron chi connectivity index (χ4n) is 2.55. The monoisotopic (exact) mass is 324 g/mol. The van der Waals surface area contributed by atoms with Gasteiger partial charge in [0.25, 0.3) is 0 Å². The molecule has 24 heavy (non-hydrogen) atoms. The van der Waals surface area contributed by atoms with Crippen LogP contribution in [-0.2, 0) is 13.2 Å². The molecule has 124 valence electrons. The molecule has 2 aromatic rings. The quantitative estimate of drug-likeness (QED) is 0.646. The van der Waals surface area contributed by atoms with Gasteiger partial charge in [0.2, 0.25) is 0 Å². The molecule has 0 amide bonds. The summed E-state index contributed by atoms with van der Waals surface area (Å²) in [6, 6.07) is 17.4. The second kappa shape index (κ2) is 7.79. The van der Waals surface area contributed by atoms with Gasteiger partial charge in [-0.2, -0.15) is 5.26 Å². The largest absolute Gasteiger partial charge is 0.507 e. The smallest absolute Gasteiger partial charge is 0.123 e. The first kappa shape index (κ1) is 16.3. The standard InChI is InChI=1S/C18H20N4O2/c19-9-15-11-21-22-18(15)20-10-14-6-7-16(8-17(14)23)24-12-13-4-2-1-3-5-13/h1-8,15,18,20-23H,10-12H2. The van der Waals surface area contributed by atoms with Crippen LogP contribution in [0, 0.1) is 17.2 Å². The van der Waals surface area contributed by atoms with E-state index in [0.29, 0.717) is 25.4 Å². The van der Waals surface area contributed by atoms with Crippen LogP contribution in [0.3, 0.4) is 0 Å². The number of ether oxygens (including phenoxy) is 1. The SMILES string of the molecule is N#CC1CNNC1NCc1ccc(OCc2ccccc2)cc1O. The zero-order chi connectivity index (χ0) is 16.8. The molecule has 2 aromatic carbocycles. The van der Waals surface area contributed by atoms with E-state index in [1.165, 1.54) is 0 Å². The summed E-state index contributed by atoms with van der Waals surface area (Å²) in [7, 11) is 0. The van der Waals surface area contributed by atoms with Crippen molar-refractivity contribution in [3.8, 4) is 17.6 Å². The van der Waals surface area contributed by atoms with E-state index in [1.807, 2.05) is 42.5 Å². The van der Waals surface area contributed by atoms with Crippen LogP contribution in [-0.4, -0.2) is 17.8 Å². The van der Waals surface area contributed by atoms with Crippen molar-refractivity contribution in [2.45, 2.75) is 19.3 Å². The molecule has 1 aliphatic rings. The lowest BCUT2D eigenvalue weighted by Crippen LogP contribution is -2.43. The number of hydrazine groups is 1. The van der Waals surface area contributed by atoms with E-state index in [0.717, 1.165) is 11.1 Å². The Labute approximate surface area is 141 Å². The summed E-state index contributed by atoms with van der Waals surface area (Å²) in [5, 5.41) is 22.4. The Morgan fingerprint density at radius 1 is 1.25 bits per heavy atom. The average Bonchev–Trinajstić information content (AvgIpc) is 3.07. The molecular weight excluding hydrogens is 304 g/mol. The lowest BCUT2D eigenvalue weighted by atomic mass is 10.1. The van der Waals surface area contributed by atoms with Gasteiger partial charge < -0.3 is 9.84 Å². The fourth-order valence-corrected chi connectivity index (χ4v) is 2.55. The van der Waals surface area contributed by atoms with Crippen LogP contribution >= 0.6 is 0 Å². The highest BCUT2D eigenvalue weighted by Crippen LogP contribution is 2.24. The minimum absolute atomic E-state index is 0.136. The number of benzene rings is 2. The van der Waals surface area contributed by atoms with Gasteiger partial charge in [0.05, 0.1) is 18.2 Å². The van der Waals surface area contributed by atoms with Gasteiger partial charge in [0.1, 0.15) is 18.1 Å². The maximum atomic E-state index is 10.2. The van der Waals surface area contributed by atoms with Gasteiger partial charge in [-0.05, 0) is 11.6 Å². The molecule has 6 heteroatoms. The Bertz CT molecular complexity index is 715. The minimum Gasteiger partial charge on any atom is -0.507 e. The molecule has 1 saturated heterocycles. The zero-order valence-electron chi connectivity index (χ0n) is 13.2. The van der Waals surface area contributed by atoms with Gasteiger partial charge in [-0.25, -0.2) is 5.43 Å². The molecule has 0 radical (unpaired) electrons. The van der Waals surface area contributed by atoms with Crippen molar-refractivity contribution in [1.29, 1.82) is 5.26 Å². The number of nitriles is 1. The molecule has 6 nitrogen and oxygen atoms in total. The molecule has 0 bridgehead atoms. The predicted octanol–water partition coefficient (Wildman–Crippen LogP) is 1.63. The maximum absolute atomic E-state index is 10.2. The van der Waals surface area contributed by atoms with Crippen LogP contribution in [0.4, 0.5) is 0 Å². The van der Waals surface area contributed by atoms with E-state index in [2.05, 4.69) is 22.2 Å². The van der Waals surface area contributed by atoms with Crippen molar-refractivity contribution in [1.82, 2.24) is 16.2 Å². The highest BCUT2D eigenvalue weighted by molar-refractivity contribution is 5.39. The third-order valence-corrected chi connectivity index (χ3v) is 3.97. The van der Waals surface area contributed by atoms with Crippen LogP contribution < -0.4 is 20.9 Å². The normalized spacial score (nSPS) is 19.8. The van der Waals surface area contributed by atoms with Crippen LogP contribution in [0.15, 0.2) is 48.5 Å². The molecule has 1 aliphatic heterocycles. The third-order valence-electron chi connectivity index (χ3n) is 3.97. The van der Waals surface area contributed by atoms with Crippen LogP contribution in [0.1, 0.15) is 11.1 Å². The highest BCUT2D eigenvalue weighted by atomic mass is 16.5. The second-order valence-corrected chi connectivity index (χ2v) is 5.68. The lowest BCUT2D eigenvalue weighted by molar-refractivity contribution is 0.304. The van der Waals surface area contributed by atoms with Crippen molar-refractivity contribution < 1.29 is 9.84 Å². The highest BCUT2D eigenvalue weighted by Gasteiger charge is 2.25. The van der Waals surface area contributed by atoms with Gasteiger partial charge >= 0.3 is 0 Å². The van der Waals surface area contributed by atoms with Crippen LogP contribution in [0.2, 0.25) is 0 Å². The van der Waals surface area contributed by atoms with Crippen molar-refractivity contribution >= 4 is 0 Å². The Kier molecular flexibility index (Phi) is 5.29. The molecule has 2 unspecified atom stereocenters. The summed E-state index contributed by atoms with van der Waals surface area (Å²) >= 11 is 0. The number of aromatic hydroxyl groups is 1. The molecule has 2 atom stereocenters. The predicted molar refractivity (Wildman–Crippen MR) is 89.7 cm³/mol. The van der Waals surface area contributed by atoms with Gasteiger partial charge in [0, 0.05) is 24.7 Å². The number of phenols is 1. The molecule has 1 heterocycles. The second-order valence-electron chi connectivity index (χ2n) is 5.68. The first-order valence-electron chi connectivity index (χ1n) is 7.86. The molecule has 0 saturated carbocycles. The summed E-state index contributed by atoms with van der Waals surface area (Å²) in [6.45, 7) is 1.52. The zero-order valence-corrected chi connectivity index (χ0v) is 13.2. The van der Waals surface area contributed by atoms with E-state index in [-0.39, 0.29) is 17.8 Å². The maximum Gasteiger partial charge on any atom is 0.123 e. The topological polar surface area (TPSA) is 89.3 Å². The van der Waals surface area contributed by atoms with Crippen molar-refractivity contribution in [3.63, 3.8) is 0 Å². The van der Waals surface area contributed by atoms with E-state index >= 15 is 0 Å². The van der Waals surface area contributed by atoms with Gasteiger partial charge in [-0.3, -0.25) is 10.7 Å². The van der Waals surface area contributed by atoms with Crippen LogP contribution in [0.25, 0.3) is 0 Å². The molecule has 0 aliphatic carbocycles. The summed E-state index contributed by atoms with van der Waals surface area (Å²) in [6.07, 6.45) is -0.136.